The molecule has 2 heterocycles. The zero-order chi connectivity index (χ0) is 9.26. The summed E-state index contributed by atoms with van der Waals surface area (Å²) in [6.07, 6.45) is 1.92. The SMILES string of the molecule is CCNc1nc2cc(C)ccn2n1. The second-order valence-electron chi connectivity index (χ2n) is 2.97. The molecule has 4 heteroatoms. The van der Waals surface area contributed by atoms with Gasteiger partial charge in [0.15, 0.2) is 5.65 Å². The first-order valence-electron chi connectivity index (χ1n) is 4.36. The second kappa shape index (κ2) is 3.05. The van der Waals surface area contributed by atoms with Crippen molar-refractivity contribution in [2.24, 2.45) is 0 Å². The van der Waals surface area contributed by atoms with Crippen molar-refractivity contribution in [1.82, 2.24) is 14.6 Å². The van der Waals surface area contributed by atoms with Gasteiger partial charge in [0.1, 0.15) is 0 Å². The van der Waals surface area contributed by atoms with Crippen LogP contribution in [0.5, 0.6) is 0 Å². The van der Waals surface area contributed by atoms with Crippen molar-refractivity contribution in [1.29, 1.82) is 0 Å². The Kier molecular flexibility index (Phi) is 1.88. The summed E-state index contributed by atoms with van der Waals surface area (Å²) in [5.41, 5.74) is 2.08. The van der Waals surface area contributed by atoms with Crippen LogP contribution in [0.1, 0.15) is 12.5 Å². The molecule has 0 fully saturated rings. The van der Waals surface area contributed by atoms with Crippen LogP contribution in [0.3, 0.4) is 0 Å². The number of hydrogen-bond acceptors (Lipinski definition) is 3. The molecule has 0 saturated carbocycles. The van der Waals surface area contributed by atoms with Gasteiger partial charge in [-0.3, -0.25) is 0 Å². The summed E-state index contributed by atoms with van der Waals surface area (Å²) < 4.78 is 1.77. The van der Waals surface area contributed by atoms with E-state index in [2.05, 4.69) is 15.4 Å². The van der Waals surface area contributed by atoms with Gasteiger partial charge in [0.2, 0.25) is 5.95 Å². The molecule has 1 N–H and O–H groups in total. The van der Waals surface area contributed by atoms with Crippen LogP contribution >= 0.6 is 0 Å². The number of pyridine rings is 1. The molecule has 0 aliphatic carbocycles. The summed E-state index contributed by atoms with van der Waals surface area (Å²) >= 11 is 0. The standard InChI is InChI=1S/C9H12N4/c1-3-10-9-11-8-6-7(2)4-5-13(8)12-9/h4-6H,3H2,1-2H3,(H,10,12). The highest BCUT2D eigenvalue weighted by atomic mass is 15.3. The van der Waals surface area contributed by atoms with Crippen molar-refractivity contribution in [2.45, 2.75) is 13.8 Å². The maximum absolute atomic E-state index is 4.30. The predicted octanol–water partition coefficient (Wildman–Crippen LogP) is 1.47. The van der Waals surface area contributed by atoms with Crippen molar-refractivity contribution in [3.63, 3.8) is 0 Å². The Morgan fingerprint density at radius 2 is 2.38 bits per heavy atom. The highest BCUT2D eigenvalue weighted by molar-refractivity contribution is 5.45. The minimum absolute atomic E-state index is 0.688. The number of fused-ring (bicyclic) bond motifs is 1. The highest BCUT2D eigenvalue weighted by Gasteiger charge is 2.00. The van der Waals surface area contributed by atoms with Gasteiger partial charge < -0.3 is 5.32 Å². The van der Waals surface area contributed by atoms with Crippen LogP contribution in [0.15, 0.2) is 18.3 Å². The zero-order valence-electron chi connectivity index (χ0n) is 7.78. The number of nitrogens with zero attached hydrogens (tertiary/aromatic N) is 3. The summed E-state index contributed by atoms with van der Waals surface area (Å²) in [4.78, 5) is 4.30. The Bertz CT molecular complexity index is 418. The van der Waals surface area contributed by atoms with Gasteiger partial charge in [0.25, 0.3) is 0 Å². The Hall–Kier alpha value is -1.58. The van der Waals surface area contributed by atoms with E-state index in [-0.39, 0.29) is 0 Å². The number of aryl methyl sites for hydroxylation is 1. The molecule has 0 atom stereocenters. The molecule has 0 amide bonds. The van der Waals surface area contributed by atoms with Crippen LogP contribution < -0.4 is 5.32 Å². The predicted molar refractivity (Wildman–Crippen MR) is 51.9 cm³/mol. The first-order chi connectivity index (χ1) is 6.29. The number of anilines is 1. The second-order valence-corrected chi connectivity index (χ2v) is 2.97. The molecule has 13 heavy (non-hydrogen) atoms. The lowest BCUT2D eigenvalue weighted by molar-refractivity contribution is 0.952. The number of rotatable bonds is 2. The lowest BCUT2D eigenvalue weighted by atomic mass is 10.3. The van der Waals surface area contributed by atoms with Gasteiger partial charge in [-0.15, -0.1) is 5.10 Å². The fourth-order valence-corrected chi connectivity index (χ4v) is 1.22. The molecule has 0 bridgehead atoms. The van der Waals surface area contributed by atoms with E-state index in [9.17, 15) is 0 Å². The van der Waals surface area contributed by atoms with E-state index in [0.717, 1.165) is 12.2 Å². The molecule has 0 unspecified atom stereocenters. The molecule has 0 radical (unpaired) electrons. The van der Waals surface area contributed by atoms with Gasteiger partial charge in [-0.05, 0) is 31.5 Å². The third-order valence-corrected chi connectivity index (χ3v) is 1.83. The summed E-state index contributed by atoms with van der Waals surface area (Å²) in [6, 6.07) is 4.02. The lowest BCUT2D eigenvalue weighted by Crippen LogP contribution is -1.98. The third kappa shape index (κ3) is 1.47. The average Bonchev–Trinajstić information content (AvgIpc) is 2.46. The summed E-state index contributed by atoms with van der Waals surface area (Å²) in [5.74, 6) is 0.688. The minimum Gasteiger partial charge on any atom is -0.353 e. The minimum atomic E-state index is 0.688. The van der Waals surface area contributed by atoms with Crippen LogP contribution in [0.25, 0.3) is 5.65 Å². The van der Waals surface area contributed by atoms with Crippen LogP contribution in [-0.4, -0.2) is 21.1 Å². The van der Waals surface area contributed by atoms with E-state index in [1.165, 1.54) is 5.56 Å². The van der Waals surface area contributed by atoms with Crippen molar-refractivity contribution in [3.05, 3.63) is 23.9 Å². The fourth-order valence-electron chi connectivity index (χ4n) is 1.22. The van der Waals surface area contributed by atoms with E-state index in [4.69, 9.17) is 0 Å². The van der Waals surface area contributed by atoms with Gasteiger partial charge in [0.05, 0.1) is 0 Å². The van der Waals surface area contributed by atoms with E-state index in [1.54, 1.807) is 4.52 Å². The molecule has 0 aliphatic heterocycles. The van der Waals surface area contributed by atoms with E-state index >= 15 is 0 Å². The molecule has 68 valence electrons. The van der Waals surface area contributed by atoms with Crippen LogP contribution in [0, 0.1) is 6.92 Å². The molecular formula is C9H12N4. The van der Waals surface area contributed by atoms with Crippen LogP contribution in [-0.2, 0) is 0 Å². The highest BCUT2D eigenvalue weighted by Crippen LogP contribution is 2.06. The molecule has 0 spiro atoms. The molecule has 0 aliphatic rings. The van der Waals surface area contributed by atoms with Gasteiger partial charge in [0, 0.05) is 12.7 Å². The summed E-state index contributed by atoms with van der Waals surface area (Å²) in [7, 11) is 0. The first-order valence-corrected chi connectivity index (χ1v) is 4.36. The normalized spacial score (nSPS) is 10.6. The van der Waals surface area contributed by atoms with Crippen molar-refractivity contribution in [2.75, 3.05) is 11.9 Å². The number of nitrogens with one attached hydrogen (secondary N) is 1. The number of aromatic nitrogens is 3. The van der Waals surface area contributed by atoms with E-state index in [0.29, 0.717) is 5.95 Å². The van der Waals surface area contributed by atoms with Gasteiger partial charge in [-0.1, -0.05) is 0 Å². The molecular weight excluding hydrogens is 164 g/mol. The van der Waals surface area contributed by atoms with E-state index < -0.39 is 0 Å². The van der Waals surface area contributed by atoms with Crippen LogP contribution in [0.2, 0.25) is 0 Å². The molecule has 2 aromatic heterocycles. The van der Waals surface area contributed by atoms with Crippen molar-refractivity contribution < 1.29 is 0 Å². The maximum Gasteiger partial charge on any atom is 0.243 e. The zero-order valence-corrected chi connectivity index (χ0v) is 7.78. The first kappa shape index (κ1) is 8.04. The Labute approximate surface area is 76.6 Å². The van der Waals surface area contributed by atoms with Crippen molar-refractivity contribution in [3.8, 4) is 0 Å². The molecule has 2 rings (SSSR count). The smallest absolute Gasteiger partial charge is 0.243 e. The largest absolute Gasteiger partial charge is 0.353 e. The Morgan fingerprint density at radius 3 is 3.15 bits per heavy atom. The van der Waals surface area contributed by atoms with Crippen molar-refractivity contribution >= 4 is 11.6 Å². The quantitative estimate of drug-likeness (QED) is 0.753. The fraction of sp³-hybridized carbons (Fsp3) is 0.333. The topological polar surface area (TPSA) is 42.2 Å². The Balaban J connectivity index is 2.49. The summed E-state index contributed by atoms with van der Waals surface area (Å²) in [5, 5.41) is 7.31. The van der Waals surface area contributed by atoms with Gasteiger partial charge >= 0.3 is 0 Å². The lowest BCUT2D eigenvalue weighted by Gasteiger charge is -1.91. The van der Waals surface area contributed by atoms with Crippen LogP contribution in [0.4, 0.5) is 5.95 Å². The molecule has 2 aromatic rings. The van der Waals surface area contributed by atoms with E-state index in [1.807, 2.05) is 32.2 Å². The average molecular weight is 176 g/mol. The molecule has 0 saturated heterocycles. The third-order valence-electron chi connectivity index (χ3n) is 1.83. The molecule has 4 nitrogen and oxygen atoms in total. The van der Waals surface area contributed by atoms with Gasteiger partial charge in [-0.25, -0.2) is 4.52 Å². The summed E-state index contributed by atoms with van der Waals surface area (Å²) in [6.45, 7) is 4.91. The van der Waals surface area contributed by atoms with Gasteiger partial charge in [-0.2, -0.15) is 4.98 Å². The molecule has 0 aromatic carbocycles. The Morgan fingerprint density at radius 1 is 1.54 bits per heavy atom. The number of hydrogen-bond donors (Lipinski definition) is 1. The monoisotopic (exact) mass is 176 g/mol. The maximum atomic E-state index is 4.30.